The molecule has 0 radical (unpaired) electrons. The lowest BCUT2D eigenvalue weighted by Crippen LogP contribution is -2.25. The van der Waals surface area contributed by atoms with E-state index in [9.17, 15) is 12.8 Å². The van der Waals surface area contributed by atoms with Gasteiger partial charge in [0.05, 0.1) is 4.90 Å². The molecule has 0 spiro atoms. The van der Waals surface area contributed by atoms with Crippen LogP contribution in [0.5, 0.6) is 0 Å². The van der Waals surface area contributed by atoms with Crippen LogP contribution in [-0.2, 0) is 16.6 Å². The molecule has 0 aliphatic heterocycles. The Bertz CT molecular complexity index is 544. The fourth-order valence-corrected chi connectivity index (χ4v) is 3.08. The van der Waals surface area contributed by atoms with Crippen molar-refractivity contribution >= 4 is 10.0 Å². The Morgan fingerprint density at radius 1 is 1.15 bits per heavy atom. The van der Waals surface area contributed by atoms with E-state index in [1.807, 2.05) is 13.8 Å². The SMILES string of the molecule is CCCNCc1cc(S(=O)(=O)NCCC)cc(C)c1F. The summed E-state index contributed by atoms with van der Waals surface area (Å²) in [5.74, 6) is -0.344. The summed E-state index contributed by atoms with van der Waals surface area (Å²) in [6.45, 7) is 6.96. The van der Waals surface area contributed by atoms with Crippen LogP contribution < -0.4 is 10.0 Å². The van der Waals surface area contributed by atoms with E-state index in [1.165, 1.54) is 12.1 Å². The van der Waals surface area contributed by atoms with Crippen LogP contribution in [0.2, 0.25) is 0 Å². The van der Waals surface area contributed by atoms with Gasteiger partial charge in [-0.3, -0.25) is 0 Å². The van der Waals surface area contributed by atoms with Crippen LogP contribution in [0, 0.1) is 12.7 Å². The highest BCUT2D eigenvalue weighted by Gasteiger charge is 2.17. The predicted octanol–water partition coefficient (Wildman–Crippen LogP) is 2.32. The minimum absolute atomic E-state index is 0.123. The zero-order valence-electron chi connectivity index (χ0n) is 12.3. The summed E-state index contributed by atoms with van der Waals surface area (Å²) < 4.78 is 40.7. The number of rotatable bonds is 8. The summed E-state index contributed by atoms with van der Waals surface area (Å²) in [6, 6.07) is 2.78. The van der Waals surface area contributed by atoms with Crippen molar-refractivity contribution in [3.63, 3.8) is 0 Å². The molecule has 0 unspecified atom stereocenters. The molecule has 1 rings (SSSR count). The molecule has 20 heavy (non-hydrogen) atoms. The minimum Gasteiger partial charge on any atom is -0.313 e. The zero-order chi connectivity index (χ0) is 15.2. The minimum atomic E-state index is -3.56. The number of sulfonamides is 1. The van der Waals surface area contributed by atoms with Crippen LogP contribution in [0.25, 0.3) is 0 Å². The molecule has 0 aliphatic carbocycles. The average Bonchev–Trinajstić information content (AvgIpc) is 2.41. The molecule has 4 nitrogen and oxygen atoms in total. The van der Waals surface area contributed by atoms with Gasteiger partial charge in [-0.2, -0.15) is 0 Å². The van der Waals surface area contributed by atoms with Gasteiger partial charge in [-0.05, 0) is 44.0 Å². The van der Waals surface area contributed by atoms with Crippen molar-refractivity contribution in [3.05, 3.63) is 29.1 Å². The molecule has 0 saturated heterocycles. The Labute approximate surface area is 120 Å². The number of nitrogens with one attached hydrogen (secondary N) is 2. The summed E-state index contributed by atoms with van der Waals surface area (Å²) in [4.78, 5) is 0.123. The van der Waals surface area contributed by atoms with E-state index in [4.69, 9.17) is 0 Å². The van der Waals surface area contributed by atoms with Crippen LogP contribution in [0.15, 0.2) is 17.0 Å². The molecule has 0 amide bonds. The highest BCUT2D eigenvalue weighted by atomic mass is 32.2. The number of hydrogen-bond acceptors (Lipinski definition) is 3. The second-order valence-corrected chi connectivity index (χ2v) is 6.55. The zero-order valence-corrected chi connectivity index (χ0v) is 13.1. The normalized spacial score (nSPS) is 11.8. The maximum atomic E-state index is 14.0. The third-order valence-corrected chi connectivity index (χ3v) is 4.34. The molecule has 0 aliphatic rings. The Morgan fingerprint density at radius 2 is 1.80 bits per heavy atom. The number of benzene rings is 1. The van der Waals surface area contributed by atoms with Crippen molar-refractivity contribution in [2.75, 3.05) is 13.1 Å². The first kappa shape index (κ1) is 17.1. The van der Waals surface area contributed by atoms with E-state index < -0.39 is 10.0 Å². The lowest BCUT2D eigenvalue weighted by Gasteiger charge is -2.11. The third-order valence-electron chi connectivity index (χ3n) is 2.90. The van der Waals surface area contributed by atoms with E-state index in [2.05, 4.69) is 10.0 Å². The van der Waals surface area contributed by atoms with Crippen LogP contribution in [-0.4, -0.2) is 21.5 Å². The van der Waals surface area contributed by atoms with Gasteiger partial charge < -0.3 is 5.32 Å². The molecule has 0 fully saturated rings. The Balaban J connectivity index is 3.04. The topological polar surface area (TPSA) is 58.2 Å². The van der Waals surface area contributed by atoms with Gasteiger partial charge in [0.25, 0.3) is 0 Å². The van der Waals surface area contributed by atoms with Crippen molar-refractivity contribution in [3.8, 4) is 0 Å². The second-order valence-electron chi connectivity index (χ2n) is 4.79. The van der Waals surface area contributed by atoms with Crippen molar-refractivity contribution in [2.45, 2.75) is 45.1 Å². The van der Waals surface area contributed by atoms with Crippen molar-refractivity contribution < 1.29 is 12.8 Å². The van der Waals surface area contributed by atoms with Crippen LogP contribution in [0.4, 0.5) is 4.39 Å². The van der Waals surface area contributed by atoms with Gasteiger partial charge in [-0.25, -0.2) is 17.5 Å². The first-order valence-electron chi connectivity index (χ1n) is 6.91. The molecule has 6 heteroatoms. The van der Waals surface area contributed by atoms with E-state index >= 15 is 0 Å². The predicted molar refractivity (Wildman–Crippen MR) is 78.6 cm³/mol. The number of aryl methyl sites for hydroxylation is 1. The van der Waals surface area contributed by atoms with E-state index in [1.54, 1.807) is 6.92 Å². The van der Waals surface area contributed by atoms with E-state index in [-0.39, 0.29) is 10.7 Å². The summed E-state index contributed by atoms with van der Waals surface area (Å²) in [5.41, 5.74) is 0.730. The Hall–Kier alpha value is -0.980. The number of halogens is 1. The fraction of sp³-hybridized carbons (Fsp3) is 0.571. The number of hydrogen-bond donors (Lipinski definition) is 2. The molecular formula is C14H23FN2O2S. The first-order valence-corrected chi connectivity index (χ1v) is 8.40. The largest absolute Gasteiger partial charge is 0.313 e. The molecule has 2 N–H and O–H groups in total. The highest BCUT2D eigenvalue weighted by molar-refractivity contribution is 7.89. The van der Waals surface area contributed by atoms with Crippen molar-refractivity contribution in [2.24, 2.45) is 0 Å². The van der Waals surface area contributed by atoms with E-state index in [0.717, 1.165) is 13.0 Å². The monoisotopic (exact) mass is 302 g/mol. The van der Waals surface area contributed by atoms with Gasteiger partial charge in [0, 0.05) is 18.7 Å². The molecule has 0 heterocycles. The molecule has 0 atom stereocenters. The first-order chi connectivity index (χ1) is 9.42. The Morgan fingerprint density at radius 3 is 2.40 bits per heavy atom. The summed E-state index contributed by atoms with van der Waals surface area (Å²) >= 11 is 0. The second kappa shape index (κ2) is 7.71. The van der Waals surface area contributed by atoms with Crippen molar-refractivity contribution in [1.82, 2.24) is 10.0 Å². The molecule has 114 valence electrons. The summed E-state index contributed by atoms with van der Waals surface area (Å²) in [6.07, 6.45) is 1.65. The van der Waals surface area contributed by atoms with Crippen LogP contribution in [0.3, 0.4) is 0 Å². The average molecular weight is 302 g/mol. The van der Waals surface area contributed by atoms with Gasteiger partial charge in [0.1, 0.15) is 5.82 Å². The molecule has 0 bridgehead atoms. The van der Waals surface area contributed by atoms with E-state index in [0.29, 0.717) is 30.6 Å². The molecular weight excluding hydrogens is 279 g/mol. The molecule has 1 aromatic carbocycles. The molecule has 1 aromatic rings. The maximum absolute atomic E-state index is 14.0. The highest BCUT2D eigenvalue weighted by Crippen LogP contribution is 2.19. The quantitative estimate of drug-likeness (QED) is 0.725. The maximum Gasteiger partial charge on any atom is 0.240 e. The van der Waals surface area contributed by atoms with Gasteiger partial charge in [0.15, 0.2) is 0 Å². The lowest BCUT2D eigenvalue weighted by molar-refractivity contribution is 0.569. The van der Waals surface area contributed by atoms with Crippen LogP contribution in [0.1, 0.15) is 37.8 Å². The third kappa shape index (κ3) is 4.54. The van der Waals surface area contributed by atoms with Gasteiger partial charge >= 0.3 is 0 Å². The molecule has 0 aromatic heterocycles. The van der Waals surface area contributed by atoms with Gasteiger partial charge in [-0.1, -0.05) is 13.8 Å². The van der Waals surface area contributed by atoms with Crippen LogP contribution >= 0.6 is 0 Å². The standard InChI is InChI=1S/C14H23FN2O2S/c1-4-6-16-10-12-9-13(8-11(3)14(12)15)20(18,19)17-7-5-2/h8-9,16-17H,4-7,10H2,1-3H3. The summed E-state index contributed by atoms with van der Waals surface area (Å²) in [5, 5.41) is 3.09. The summed E-state index contributed by atoms with van der Waals surface area (Å²) in [7, 11) is -3.56. The lowest BCUT2D eigenvalue weighted by atomic mass is 10.1. The van der Waals surface area contributed by atoms with Crippen molar-refractivity contribution in [1.29, 1.82) is 0 Å². The van der Waals surface area contributed by atoms with Gasteiger partial charge in [0.2, 0.25) is 10.0 Å². The Kier molecular flexibility index (Phi) is 6.58. The fourth-order valence-electron chi connectivity index (χ4n) is 1.81. The van der Waals surface area contributed by atoms with Gasteiger partial charge in [-0.15, -0.1) is 0 Å². The molecule has 0 saturated carbocycles. The smallest absolute Gasteiger partial charge is 0.240 e.